The quantitative estimate of drug-likeness (QED) is 0.776. The lowest BCUT2D eigenvalue weighted by Gasteiger charge is -2.02. The first-order chi connectivity index (χ1) is 10.1. The third kappa shape index (κ3) is 3.26. The Morgan fingerprint density at radius 3 is 2.33 bits per heavy atom. The fourth-order valence-electron chi connectivity index (χ4n) is 2.08. The molecule has 4 heteroatoms. The second kappa shape index (κ2) is 5.88. The number of halogens is 2. The summed E-state index contributed by atoms with van der Waals surface area (Å²) in [6.07, 6.45) is 3.72. The molecule has 1 aliphatic rings. The first kappa shape index (κ1) is 14.1. The number of carbonyl (C=O) groups is 1. The van der Waals surface area contributed by atoms with Gasteiger partial charge in [-0.1, -0.05) is 51.8 Å². The molecule has 0 radical (unpaired) electrons. The molecule has 104 valence electrons. The van der Waals surface area contributed by atoms with Gasteiger partial charge >= 0.3 is 0 Å². The van der Waals surface area contributed by atoms with Crippen molar-refractivity contribution in [2.45, 2.75) is 0 Å². The number of nitrogens with one attached hydrogen (secondary N) is 1. The standard InChI is InChI=1S/C17H11BrClNO/c18-14-5-1-11(2-6-14)9-13-10-16(20-17(13)21)12-3-7-15(19)8-4-12/h1-10H,(H,20,21)/b13-9+. The van der Waals surface area contributed by atoms with E-state index in [4.69, 9.17) is 11.6 Å². The van der Waals surface area contributed by atoms with Gasteiger partial charge < -0.3 is 5.32 Å². The zero-order valence-electron chi connectivity index (χ0n) is 10.9. The van der Waals surface area contributed by atoms with Gasteiger partial charge in [-0.25, -0.2) is 0 Å². The summed E-state index contributed by atoms with van der Waals surface area (Å²) in [5, 5.41) is 3.55. The van der Waals surface area contributed by atoms with Crippen LogP contribution in [0.1, 0.15) is 11.1 Å². The molecule has 1 aliphatic heterocycles. The molecule has 0 fully saturated rings. The van der Waals surface area contributed by atoms with Gasteiger partial charge in [-0.3, -0.25) is 4.79 Å². The van der Waals surface area contributed by atoms with Crippen molar-refractivity contribution < 1.29 is 4.79 Å². The molecule has 1 amide bonds. The number of amides is 1. The smallest absolute Gasteiger partial charge is 0.255 e. The second-order valence-electron chi connectivity index (χ2n) is 4.67. The van der Waals surface area contributed by atoms with Gasteiger partial charge in [0.1, 0.15) is 0 Å². The van der Waals surface area contributed by atoms with E-state index in [1.54, 1.807) is 12.1 Å². The van der Waals surface area contributed by atoms with Crippen molar-refractivity contribution in [1.29, 1.82) is 0 Å². The third-order valence-electron chi connectivity index (χ3n) is 3.16. The van der Waals surface area contributed by atoms with E-state index in [1.807, 2.05) is 48.6 Å². The van der Waals surface area contributed by atoms with Crippen LogP contribution < -0.4 is 5.32 Å². The van der Waals surface area contributed by atoms with E-state index < -0.39 is 0 Å². The molecule has 21 heavy (non-hydrogen) atoms. The van der Waals surface area contributed by atoms with E-state index in [1.165, 1.54) is 0 Å². The fourth-order valence-corrected chi connectivity index (χ4v) is 2.47. The maximum absolute atomic E-state index is 12.0. The summed E-state index contributed by atoms with van der Waals surface area (Å²) in [6, 6.07) is 15.2. The van der Waals surface area contributed by atoms with E-state index >= 15 is 0 Å². The fraction of sp³-hybridized carbons (Fsp3) is 0. The molecular weight excluding hydrogens is 350 g/mol. The van der Waals surface area contributed by atoms with E-state index in [-0.39, 0.29) is 5.91 Å². The first-order valence-electron chi connectivity index (χ1n) is 6.38. The molecule has 2 aromatic carbocycles. The summed E-state index contributed by atoms with van der Waals surface area (Å²) >= 11 is 9.27. The molecule has 1 N–H and O–H groups in total. The Morgan fingerprint density at radius 1 is 1.00 bits per heavy atom. The zero-order valence-corrected chi connectivity index (χ0v) is 13.3. The lowest BCUT2D eigenvalue weighted by atomic mass is 10.1. The van der Waals surface area contributed by atoms with Crippen molar-refractivity contribution in [3.63, 3.8) is 0 Å². The van der Waals surface area contributed by atoms with Gasteiger partial charge in [0.2, 0.25) is 0 Å². The van der Waals surface area contributed by atoms with Crippen molar-refractivity contribution >= 4 is 45.2 Å². The van der Waals surface area contributed by atoms with Crippen LogP contribution in [0.4, 0.5) is 0 Å². The van der Waals surface area contributed by atoms with Crippen molar-refractivity contribution in [3.05, 3.63) is 80.8 Å². The number of benzene rings is 2. The van der Waals surface area contributed by atoms with E-state index in [0.717, 1.165) is 21.3 Å². The van der Waals surface area contributed by atoms with Crippen LogP contribution in [-0.4, -0.2) is 5.91 Å². The minimum atomic E-state index is -0.0946. The molecule has 0 aliphatic carbocycles. The second-order valence-corrected chi connectivity index (χ2v) is 6.02. The predicted molar refractivity (Wildman–Crippen MR) is 89.7 cm³/mol. The highest BCUT2D eigenvalue weighted by Gasteiger charge is 2.18. The highest BCUT2D eigenvalue weighted by molar-refractivity contribution is 9.10. The highest BCUT2D eigenvalue weighted by Crippen LogP contribution is 2.23. The van der Waals surface area contributed by atoms with Crippen LogP contribution in [0.3, 0.4) is 0 Å². The number of hydrogen-bond donors (Lipinski definition) is 1. The molecule has 3 rings (SSSR count). The average molecular weight is 361 g/mol. The average Bonchev–Trinajstić information content (AvgIpc) is 2.83. The summed E-state index contributed by atoms with van der Waals surface area (Å²) in [7, 11) is 0. The number of hydrogen-bond acceptors (Lipinski definition) is 1. The summed E-state index contributed by atoms with van der Waals surface area (Å²) in [4.78, 5) is 12.0. The van der Waals surface area contributed by atoms with Gasteiger partial charge in [0.05, 0.1) is 0 Å². The van der Waals surface area contributed by atoms with Gasteiger partial charge in [0.15, 0.2) is 0 Å². The monoisotopic (exact) mass is 359 g/mol. The summed E-state index contributed by atoms with van der Waals surface area (Å²) < 4.78 is 1.01. The largest absolute Gasteiger partial charge is 0.321 e. The summed E-state index contributed by atoms with van der Waals surface area (Å²) in [5.41, 5.74) is 3.35. The Kier molecular flexibility index (Phi) is 3.95. The van der Waals surface area contributed by atoms with Crippen LogP contribution in [0.15, 0.2) is 64.7 Å². The van der Waals surface area contributed by atoms with Gasteiger partial charge in [0.25, 0.3) is 5.91 Å². The summed E-state index contributed by atoms with van der Waals surface area (Å²) in [6.45, 7) is 0. The number of rotatable bonds is 2. The van der Waals surface area contributed by atoms with Gasteiger partial charge in [-0.05, 0) is 47.5 Å². The van der Waals surface area contributed by atoms with Gasteiger partial charge in [0, 0.05) is 20.8 Å². The van der Waals surface area contributed by atoms with Crippen LogP contribution in [0, 0.1) is 0 Å². The van der Waals surface area contributed by atoms with Crippen LogP contribution >= 0.6 is 27.5 Å². The minimum Gasteiger partial charge on any atom is -0.321 e. The first-order valence-corrected chi connectivity index (χ1v) is 7.55. The Labute approximate surface area is 136 Å². The topological polar surface area (TPSA) is 29.1 Å². The molecule has 0 saturated carbocycles. The lowest BCUT2D eigenvalue weighted by molar-refractivity contribution is -0.115. The van der Waals surface area contributed by atoms with Crippen LogP contribution in [-0.2, 0) is 4.79 Å². The normalized spacial score (nSPS) is 16.0. The third-order valence-corrected chi connectivity index (χ3v) is 3.94. The molecule has 0 saturated heterocycles. The molecular formula is C17H11BrClNO. The molecule has 2 nitrogen and oxygen atoms in total. The SMILES string of the molecule is O=C1NC(c2ccc(Cl)cc2)=C/C1=C\c1ccc(Br)cc1. The van der Waals surface area contributed by atoms with E-state index in [2.05, 4.69) is 21.2 Å². The van der Waals surface area contributed by atoms with E-state index in [0.29, 0.717) is 10.6 Å². The van der Waals surface area contributed by atoms with Crippen molar-refractivity contribution in [3.8, 4) is 0 Å². The highest BCUT2D eigenvalue weighted by atomic mass is 79.9. The molecule has 0 bridgehead atoms. The van der Waals surface area contributed by atoms with Gasteiger partial charge in [-0.15, -0.1) is 0 Å². The molecule has 0 unspecified atom stereocenters. The van der Waals surface area contributed by atoms with Gasteiger partial charge in [-0.2, -0.15) is 0 Å². The van der Waals surface area contributed by atoms with Crippen molar-refractivity contribution in [1.82, 2.24) is 5.32 Å². The maximum Gasteiger partial charge on any atom is 0.255 e. The zero-order chi connectivity index (χ0) is 14.8. The van der Waals surface area contributed by atoms with E-state index in [9.17, 15) is 4.79 Å². The minimum absolute atomic E-state index is 0.0946. The number of carbonyl (C=O) groups excluding carboxylic acids is 1. The Hall–Kier alpha value is -1.84. The molecule has 0 aromatic heterocycles. The summed E-state index contributed by atoms with van der Waals surface area (Å²) in [5.74, 6) is -0.0946. The lowest BCUT2D eigenvalue weighted by Crippen LogP contribution is -2.15. The molecule has 2 aromatic rings. The van der Waals surface area contributed by atoms with Crippen molar-refractivity contribution in [2.24, 2.45) is 0 Å². The van der Waals surface area contributed by atoms with Crippen LogP contribution in [0.25, 0.3) is 11.8 Å². The Bertz CT molecular complexity index is 745. The Balaban J connectivity index is 1.91. The maximum atomic E-state index is 12.0. The van der Waals surface area contributed by atoms with Crippen LogP contribution in [0.2, 0.25) is 5.02 Å². The molecule has 0 spiro atoms. The molecule has 1 heterocycles. The van der Waals surface area contributed by atoms with Crippen LogP contribution in [0.5, 0.6) is 0 Å². The molecule has 0 atom stereocenters. The Morgan fingerprint density at radius 2 is 1.67 bits per heavy atom. The predicted octanol–water partition coefficient (Wildman–Crippen LogP) is 4.66. The van der Waals surface area contributed by atoms with Crippen molar-refractivity contribution in [2.75, 3.05) is 0 Å².